The Bertz CT molecular complexity index is 1410. The average molecular weight is 510 g/mol. The Balaban J connectivity index is 1.82. The number of rotatable bonds is 10. The third kappa shape index (κ3) is 4.60. The van der Waals surface area contributed by atoms with E-state index in [0.717, 1.165) is 25.2 Å². The molecule has 1 aliphatic heterocycles. The number of ether oxygens (including phenoxy) is 1. The van der Waals surface area contributed by atoms with Crippen LogP contribution in [-0.4, -0.2) is 69.9 Å². The van der Waals surface area contributed by atoms with Gasteiger partial charge in [0.05, 0.1) is 23.6 Å². The van der Waals surface area contributed by atoms with Gasteiger partial charge in [0, 0.05) is 24.5 Å². The molecule has 4 rings (SSSR count). The van der Waals surface area contributed by atoms with E-state index in [1.165, 1.54) is 24.1 Å². The maximum atomic E-state index is 13.7. The largest absolute Gasteiger partial charge is 0.503 e. The number of amides is 1. The van der Waals surface area contributed by atoms with E-state index < -0.39 is 39.9 Å². The molecule has 0 bridgehead atoms. The fraction of sp³-hybridized carbons (Fsp3) is 0.308. The van der Waals surface area contributed by atoms with Crippen molar-refractivity contribution >= 4 is 28.3 Å². The average Bonchev–Trinajstić information content (AvgIpc) is 3.44. The summed E-state index contributed by atoms with van der Waals surface area (Å²) in [5.41, 5.74) is -0.325. The zero-order valence-electron chi connectivity index (χ0n) is 20.6. The number of furan rings is 1. The van der Waals surface area contributed by atoms with Gasteiger partial charge >= 0.3 is 5.69 Å². The molecule has 3 aromatic rings. The van der Waals surface area contributed by atoms with Crippen LogP contribution in [0.25, 0.3) is 11.0 Å². The summed E-state index contributed by atoms with van der Waals surface area (Å²) in [7, 11) is 1.46. The number of likely N-dealkylation sites (N-methyl/N-ethyl adjacent to an activating group) is 1. The van der Waals surface area contributed by atoms with Gasteiger partial charge < -0.3 is 29.2 Å². The van der Waals surface area contributed by atoms with Crippen molar-refractivity contribution in [3.05, 3.63) is 75.2 Å². The number of carbonyl (C=O) groups excluding carboxylic acids is 2. The van der Waals surface area contributed by atoms with E-state index in [-0.39, 0.29) is 23.4 Å². The molecule has 2 aromatic carbocycles. The standard InChI is InChI=1S/C26H27N3O8/c1-4-27(5-2)11-12-28-22(15-9-10-18(30)17(13-15)29(34)35)21(24(32)26(28)33)23(31)20-14-16-7-6-8-19(36-3)25(16)37-20/h6-10,13-14,22,30,32H,4-5,11-12H2,1-3H3. The first-order valence-corrected chi connectivity index (χ1v) is 11.8. The summed E-state index contributed by atoms with van der Waals surface area (Å²) in [6, 6.07) is 9.10. The predicted molar refractivity (Wildman–Crippen MR) is 134 cm³/mol. The van der Waals surface area contributed by atoms with E-state index in [9.17, 15) is 29.9 Å². The fourth-order valence-corrected chi connectivity index (χ4v) is 4.55. The van der Waals surface area contributed by atoms with E-state index in [1.54, 1.807) is 18.2 Å². The summed E-state index contributed by atoms with van der Waals surface area (Å²) in [6.45, 7) is 5.98. The number of phenolic OH excluding ortho intramolecular Hbond substituents is 1. The first-order chi connectivity index (χ1) is 17.7. The normalized spacial score (nSPS) is 15.7. The van der Waals surface area contributed by atoms with Crippen LogP contribution in [0.3, 0.4) is 0 Å². The van der Waals surface area contributed by atoms with Gasteiger partial charge in [0.25, 0.3) is 5.91 Å². The number of ketones is 1. The van der Waals surface area contributed by atoms with Crippen LogP contribution in [0, 0.1) is 10.1 Å². The van der Waals surface area contributed by atoms with Gasteiger partial charge in [-0.25, -0.2) is 0 Å². The summed E-state index contributed by atoms with van der Waals surface area (Å²) in [5.74, 6) is -2.54. The molecule has 194 valence electrons. The lowest BCUT2D eigenvalue weighted by atomic mass is 9.94. The molecule has 1 atom stereocenters. The SMILES string of the molecule is CCN(CC)CCN1C(=O)C(O)=C(C(=O)c2cc3cccc(OC)c3o2)C1c1ccc(O)c([N+](=O)[O-])c1. The number of aliphatic hydroxyl groups excluding tert-OH is 1. The van der Waals surface area contributed by atoms with Crippen LogP contribution in [0.2, 0.25) is 0 Å². The number of aliphatic hydroxyl groups is 1. The summed E-state index contributed by atoms with van der Waals surface area (Å²) >= 11 is 0. The van der Waals surface area contributed by atoms with Crippen LogP contribution >= 0.6 is 0 Å². The first kappa shape index (κ1) is 25.7. The molecule has 0 fully saturated rings. The second-order valence-electron chi connectivity index (χ2n) is 8.51. The molecule has 11 nitrogen and oxygen atoms in total. The molecule has 2 N–H and O–H groups in total. The highest BCUT2D eigenvalue weighted by atomic mass is 16.6. The number of benzene rings is 2. The minimum atomic E-state index is -1.13. The monoisotopic (exact) mass is 509 g/mol. The van der Waals surface area contributed by atoms with E-state index in [1.807, 2.05) is 13.8 Å². The second kappa shape index (κ2) is 10.3. The van der Waals surface area contributed by atoms with Gasteiger partial charge in [0.15, 0.2) is 28.6 Å². The number of nitrogens with zero attached hydrogens (tertiary/aromatic N) is 3. The van der Waals surface area contributed by atoms with Gasteiger partial charge in [0.1, 0.15) is 0 Å². The Morgan fingerprint density at radius 2 is 1.92 bits per heavy atom. The smallest absolute Gasteiger partial charge is 0.311 e. The predicted octanol–water partition coefficient (Wildman–Crippen LogP) is 3.98. The Kier molecular flexibility index (Phi) is 7.16. The number of Topliss-reactive ketones (excluding diaryl/α,β-unsaturated/α-hetero) is 1. The van der Waals surface area contributed by atoms with Crippen LogP contribution in [0.1, 0.15) is 36.0 Å². The molecule has 0 spiro atoms. The summed E-state index contributed by atoms with van der Waals surface area (Å²) < 4.78 is 11.1. The number of methoxy groups -OCH3 is 1. The maximum absolute atomic E-state index is 13.7. The van der Waals surface area contributed by atoms with Crippen LogP contribution in [0.5, 0.6) is 11.5 Å². The highest BCUT2D eigenvalue weighted by Crippen LogP contribution is 2.42. The van der Waals surface area contributed by atoms with E-state index in [4.69, 9.17) is 9.15 Å². The topological polar surface area (TPSA) is 147 Å². The first-order valence-electron chi connectivity index (χ1n) is 11.8. The van der Waals surface area contributed by atoms with Crippen molar-refractivity contribution in [2.24, 2.45) is 0 Å². The number of fused-ring (bicyclic) bond motifs is 1. The molecule has 0 radical (unpaired) electrons. The Labute approximate surface area is 212 Å². The van der Waals surface area contributed by atoms with Crippen LogP contribution in [-0.2, 0) is 4.79 Å². The van der Waals surface area contributed by atoms with Crippen molar-refractivity contribution in [2.45, 2.75) is 19.9 Å². The molecule has 0 aliphatic carbocycles. The summed E-state index contributed by atoms with van der Waals surface area (Å²) in [6.07, 6.45) is 0. The van der Waals surface area contributed by atoms with Crippen LogP contribution < -0.4 is 4.74 Å². The molecule has 1 unspecified atom stereocenters. The number of aromatic hydroxyl groups is 1. The van der Waals surface area contributed by atoms with Gasteiger partial charge in [0.2, 0.25) is 5.78 Å². The number of nitro benzene ring substituents is 1. The number of hydrogen-bond donors (Lipinski definition) is 2. The number of phenols is 1. The lowest BCUT2D eigenvalue weighted by Gasteiger charge is -2.29. The lowest BCUT2D eigenvalue weighted by Crippen LogP contribution is -2.38. The van der Waals surface area contributed by atoms with Gasteiger partial charge in [-0.05, 0) is 36.9 Å². The molecule has 1 aromatic heterocycles. The minimum absolute atomic E-state index is 0.127. The Morgan fingerprint density at radius 3 is 2.57 bits per heavy atom. The zero-order valence-corrected chi connectivity index (χ0v) is 20.6. The quantitative estimate of drug-likeness (QED) is 0.235. The molecular formula is C26H27N3O8. The minimum Gasteiger partial charge on any atom is -0.503 e. The molecular weight excluding hydrogens is 482 g/mol. The van der Waals surface area contributed by atoms with E-state index >= 15 is 0 Å². The van der Waals surface area contributed by atoms with Crippen molar-refractivity contribution in [2.75, 3.05) is 33.3 Å². The molecule has 37 heavy (non-hydrogen) atoms. The van der Waals surface area contributed by atoms with Gasteiger partial charge in [-0.3, -0.25) is 19.7 Å². The van der Waals surface area contributed by atoms with Crippen molar-refractivity contribution in [1.29, 1.82) is 0 Å². The molecule has 0 saturated heterocycles. The maximum Gasteiger partial charge on any atom is 0.311 e. The molecule has 2 heterocycles. The fourth-order valence-electron chi connectivity index (χ4n) is 4.55. The third-order valence-corrected chi connectivity index (χ3v) is 6.56. The summed E-state index contributed by atoms with van der Waals surface area (Å²) in [5, 5.41) is 32.9. The highest BCUT2D eigenvalue weighted by Gasteiger charge is 2.45. The zero-order chi connectivity index (χ0) is 26.9. The molecule has 0 saturated carbocycles. The van der Waals surface area contributed by atoms with Crippen LogP contribution in [0.15, 0.2) is 58.2 Å². The molecule has 11 heteroatoms. The molecule has 1 amide bonds. The third-order valence-electron chi connectivity index (χ3n) is 6.56. The van der Waals surface area contributed by atoms with Gasteiger partial charge in [-0.2, -0.15) is 0 Å². The number of para-hydroxylation sites is 1. The van der Waals surface area contributed by atoms with Crippen LogP contribution in [0.4, 0.5) is 5.69 Å². The Hall–Kier alpha value is -4.38. The number of nitro groups is 1. The highest BCUT2D eigenvalue weighted by molar-refractivity contribution is 6.16. The number of hydrogen-bond acceptors (Lipinski definition) is 9. The van der Waals surface area contributed by atoms with Crippen molar-refractivity contribution in [3.63, 3.8) is 0 Å². The number of carbonyl (C=O) groups is 2. The van der Waals surface area contributed by atoms with Crippen molar-refractivity contribution < 1.29 is 33.9 Å². The van der Waals surface area contributed by atoms with Crippen molar-refractivity contribution in [1.82, 2.24) is 9.80 Å². The van der Waals surface area contributed by atoms with Crippen molar-refractivity contribution in [3.8, 4) is 11.5 Å². The Morgan fingerprint density at radius 1 is 1.19 bits per heavy atom. The lowest BCUT2D eigenvalue weighted by molar-refractivity contribution is -0.385. The van der Waals surface area contributed by atoms with E-state index in [0.29, 0.717) is 23.3 Å². The second-order valence-corrected chi connectivity index (χ2v) is 8.51. The van der Waals surface area contributed by atoms with Gasteiger partial charge in [-0.1, -0.05) is 32.0 Å². The molecule has 1 aliphatic rings. The van der Waals surface area contributed by atoms with Gasteiger partial charge in [-0.15, -0.1) is 0 Å². The van der Waals surface area contributed by atoms with E-state index in [2.05, 4.69) is 4.90 Å². The summed E-state index contributed by atoms with van der Waals surface area (Å²) in [4.78, 5) is 41.0.